The fourth-order valence-corrected chi connectivity index (χ4v) is 2.31. The van der Waals surface area contributed by atoms with Crippen LogP contribution in [0.15, 0.2) is 0 Å². The van der Waals surface area contributed by atoms with E-state index in [0.717, 1.165) is 19.0 Å². The van der Waals surface area contributed by atoms with Crippen LogP contribution in [0.4, 0.5) is 0 Å². The highest BCUT2D eigenvalue weighted by Gasteiger charge is 2.39. The maximum Gasteiger partial charge on any atom is 0.242 e. The monoisotopic (exact) mass is 235 g/mol. The first-order valence-electron chi connectivity index (χ1n) is 5.21. The van der Waals surface area contributed by atoms with Gasteiger partial charge in [-0.3, -0.25) is 4.79 Å². The predicted octanol–water partition coefficient (Wildman–Crippen LogP) is 2.24. The average Bonchev–Trinajstić information content (AvgIpc) is 2.93. The zero-order valence-electron chi connectivity index (χ0n) is 8.14. The fraction of sp³-hybridized carbons (Fsp3) is 0.900. The lowest BCUT2D eigenvalue weighted by atomic mass is 9.97. The first kappa shape index (κ1) is 10.7. The van der Waals surface area contributed by atoms with E-state index in [9.17, 15) is 4.79 Å². The van der Waals surface area contributed by atoms with Crippen molar-refractivity contribution in [2.45, 2.75) is 30.6 Å². The SMILES string of the molecule is O=C(Cl)C1(Cl)CCN(CC2CC2)CC1. The summed E-state index contributed by atoms with van der Waals surface area (Å²) in [5, 5.41) is -0.384. The number of nitrogens with zero attached hydrogens (tertiary/aromatic N) is 1. The van der Waals surface area contributed by atoms with Crippen LogP contribution >= 0.6 is 23.2 Å². The van der Waals surface area contributed by atoms with Crippen LogP contribution in [0.25, 0.3) is 0 Å². The summed E-state index contributed by atoms with van der Waals surface area (Å²) in [5.41, 5.74) is 0. The maximum atomic E-state index is 11.1. The lowest BCUT2D eigenvalue weighted by Gasteiger charge is -2.35. The first-order valence-corrected chi connectivity index (χ1v) is 5.97. The largest absolute Gasteiger partial charge is 0.303 e. The molecule has 0 aromatic carbocycles. The van der Waals surface area contributed by atoms with Crippen molar-refractivity contribution >= 4 is 28.4 Å². The Morgan fingerprint density at radius 2 is 1.93 bits per heavy atom. The van der Waals surface area contributed by atoms with Crippen LogP contribution in [0.1, 0.15) is 25.7 Å². The quantitative estimate of drug-likeness (QED) is 0.553. The number of carbonyl (C=O) groups excluding carboxylic acids is 1. The summed E-state index contributed by atoms with van der Waals surface area (Å²) in [6.45, 7) is 3.01. The van der Waals surface area contributed by atoms with Crippen LogP contribution in [-0.4, -0.2) is 34.7 Å². The molecule has 0 unspecified atom stereocenters. The Labute approximate surface area is 94.5 Å². The molecule has 4 heteroatoms. The number of piperidine rings is 1. The number of carbonyl (C=O) groups is 1. The van der Waals surface area contributed by atoms with Crippen LogP contribution in [0.2, 0.25) is 0 Å². The third-order valence-corrected chi connectivity index (χ3v) is 4.22. The Morgan fingerprint density at radius 1 is 1.36 bits per heavy atom. The van der Waals surface area contributed by atoms with Gasteiger partial charge in [0.1, 0.15) is 4.87 Å². The molecular formula is C10H15Cl2NO. The van der Waals surface area contributed by atoms with E-state index < -0.39 is 4.87 Å². The van der Waals surface area contributed by atoms with Gasteiger partial charge in [-0.1, -0.05) is 0 Å². The topological polar surface area (TPSA) is 20.3 Å². The second-order valence-corrected chi connectivity index (χ2v) is 5.55. The molecule has 1 aliphatic heterocycles. The lowest BCUT2D eigenvalue weighted by molar-refractivity contribution is -0.115. The summed E-state index contributed by atoms with van der Waals surface area (Å²) in [6.07, 6.45) is 4.14. The number of rotatable bonds is 3. The van der Waals surface area contributed by atoms with Gasteiger partial charge in [0.25, 0.3) is 0 Å². The molecule has 2 rings (SSSR count). The van der Waals surface area contributed by atoms with Gasteiger partial charge in [-0.05, 0) is 43.2 Å². The summed E-state index contributed by atoms with van der Waals surface area (Å²) in [4.78, 5) is 12.7. The summed E-state index contributed by atoms with van der Waals surface area (Å²) < 4.78 is 0. The van der Waals surface area contributed by atoms with Crippen molar-refractivity contribution in [3.63, 3.8) is 0 Å². The van der Waals surface area contributed by atoms with Crippen molar-refractivity contribution in [3.05, 3.63) is 0 Å². The number of hydrogen-bond donors (Lipinski definition) is 0. The normalized spacial score (nSPS) is 27.6. The second kappa shape index (κ2) is 3.99. The third-order valence-electron chi connectivity index (χ3n) is 3.21. The minimum Gasteiger partial charge on any atom is -0.303 e. The van der Waals surface area contributed by atoms with E-state index in [1.807, 2.05) is 0 Å². The van der Waals surface area contributed by atoms with Gasteiger partial charge in [-0.2, -0.15) is 0 Å². The molecule has 80 valence electrons. The highest BCUT2D eigenvalue weighted by Crippen LogP contribution is 2.35. The highest BCUT2D eigenvalue weighted by atomic mass is 35.5. The zero-order chi connectivity index (χ0) is 10.2. The molecule has 2 aliphatic rings. The summed E-state index contributed by atoms with van der Waals surface area (Å²) in [6, 6.07) is 0. The molecule has 0 aromatic rings. The average molecular weight is 236 g/mol. The molecule has 0 spiro atoms. The summed E-state index contributed by atoms with van der Waals surface area (Å²) >= 11 is 11.6. The van der Waals surface area contributed by atoms with E-state index in [-0.39, 0.29) is 5.24 Å². The van der Waals surface area contributed by atoms with Crippen molar-refractivity contribution < 1.29 is 4.79 Å². The van der Waals surface area contributed by atoms with E-state index in [0.29, 0.717) is 12.8 Å². The Balaban J connectivity index is 1.81. The van der Waals surface area contributed by atoms with Crippen LogP contribution in [0, 0.1) is 5.92 Å². The maximum absolute atomic E-state index is 11.1. The first-order chi connectivity index (χ1) is 6.60. The van der Waals surface area contributed by atoms with Crippen LogP contribution in [0.3, 0.4) is 0 Å². The Morgan fingerprint density at radius 3 is 2.36 bits per heavy atom. The van der Waals surface area contributed by atoms with Crippen molar-refractivity contribution in [1.29, 1.82) is 0 Å². The number of likely N-dealkylation sites (tertiary alicyclic amines) is 1. The smallest absolute Gasteiger partial charge is 0.242 e. The van der Waals surface area contributed by atoms with E-state index in [1.165, 1.54) is 19.4 Å². The van der Waals surface area contributed by atoms with E-state index >= 15 is 0 Å². The molecule has 2 nitrogen and oxygen atoms in total. The van der Waals surface area contributed by atoms with Gasteiger partial charge in [0.15, 0.2) is 0 Å². The molecule has 1 heterocycles. The number of hydrogen-bond acceptors (Lipinski definition) is 2. The fourth-order valence-electron chi connectivity index (χ4n) is 1.95. The lowest BCUT2D eigenvalue weighted by Crippen LogP contribution is -2.44. The van der Waals surface area contributed by atoms with Gasteiger partial charge < -0.3 is 4.90 Å². The van der Waals surface area contributed by atoms with Crippen LogP contribution < -0.4 is 0 Å². The molecule has 1 saturated heterocycles. The molecule has 1 saturated carbocycles. The minimum atomic E-state index is -0.776. The molecule has 0 bridgehead atoms. The van der Waals surface area contributed by atoms with Gasteiger partial charge in [0.2, 0.25) is 5.24 Å². The molecule has 0 aromatic heterocycles. The van der Waals surface area contributed by atoms with E-state index in [1.54, 1.807) is 0 Å². The van der Waals surface area contributed by atoms with Crippen molar-refractivity contribution in [2.24, 2.45) is 5.92 Å². The molecule has 14 heavy (non-hydrogen) atoms. The third kappa shape index (κ3) is 2.41. The molecule has 0 N–H and O–H groups in total. The predicted molar refractivity (Wildman–Crippen MR) is 57.8 cm³/mol. The van der Waals surface area contributed by atoms with Crippen molar-refractivity contribution in [1.82, 2.24) is 4.90 Å². The minimum absolute atomic E-state index is 0.384. The van der Waals surface area contributed by atoms with Crippen LogP contribution in [-0.2, 0) is 4.79 Å². The number of alkyl halides is 1. The molecule has 0 atom stereocenters. The van der Waals surface area contributed by atoms with Gasteiger partial charge in [-0.25, -0.2) is 0 Å². The molecule has 2 fully saturated rings. The zero-order valence-corrected chi connectivity index (χ0v) is 9.65. The van der Waals surface area contributed by atoms with Gasteiger partial charge >= 0.3 is 0 Å². The van der Waals surface area contributed by atoms with Gasteiger partial charge in [0, 0.05) is 19.6 Å². The van der Waals surface area contributed by atoms with Gasteiger partial charge in [-0.15, -0.1) is 11.6 Å². The summed E-state index contributed by atoms with van der Waals surface area (Å²) in [7, 11) is 0. The Bertz CT molecular complexity index is 232. The van der Waals surface area contributed by atoms with E-state index in [2.05, 4.69) is 4.90 Å². The number of halogens is 2. The van der Waals surface area contributed by atoms with Gasteiger partial charge in [0.05, 0.1) is 0 Å². The van der Waals surface area contributed by atoms with Crippen LogP contribution in [0.5, 0.6) is 0 Å². The standard InChI is InChI=1S/C10H15Cl2NO/c11-9(14)10(12)3-5-13(6-4-10)7-8-1-2-8/h8H,1-7H2. The second-order valence-electron chi connectivity index (χ2n) is 4.48. The Hall–Kier alpha value is 0.210. The highest BCUT2D eigenvalue weighted by molar-refractivity contribution is 6.70. The van der Waals surface area contributed by atoms with Crippen molar-refractivity contribution in [3.8, 4) is 0 Å². The van der Waals surface area contributed by atoms with Crippen molar-refractivity contribution in [2.75, 3.05) is 19.6 Å². The Kier molecular flexibility index (Phi) is 3.06. The summed E-state index contributed by atoms with van der Waals surface area (Å²) in [5.74, 6) is 0.907. The molecular weight excluding hydrogens is 221 g/mol. The molecule has 0 radical (unpaired) electrons. The molecule has 1 aliphatic carbocycles. The van der Waals surface area contributed by atoms with E-state index in [4.69, 9.17) is 23.2 Å². The molecule has 0 amide bonds.